The summed E-state index contributed by atoms with van der Waals surface area (Å²) in [6, 6.07) is 7.91. The van der Waals surface area contributed by atoms with Crippen molar-refractivity contribution in [3.8, 4) is 5.75 Å². The highest BCUT2D eigenvalue weighted by Crippen LogP contribution is 2.24. The Morgan fingerprint density at radius 3 is 3.13 bits per heavy atom. The third-order valence-electron chi connectivity index (χ3n) is 2.56. The minimum atomic E-state index is 0.0545. The molecular weight excluding hydrogens is 192 g/mol. The van der Waals surface area contributed by atoms with Crippen LogP contribution >= 0.6 is 0 Å². The number of nitrogens with two attached hydrogens (primary N) is 1. The number of hydrazine groups is 1. The summed E-state index contributed by atoms with van der Waals surface area (Å²) in [5.74, 6) is 6.61. The molecule has 0 bridgehead atoms. The van der Waals surface area contributed by atoms with Crippen molar-refractivity contribution >= 4 is 0 Å². The summed E-state index contributed by atoms with van der Waals surface area (Å²) >= 11 is 0. The number of hydrogen-bond acceptors (Lipinski definition) is 4. The summed E-state index contributed by atoms with van der Waals surface area (Å²) in [6.07, 6.45) is 0.0545. The van der Waals surface area contributed by atoms with Gasteiger partial charge in [0.25, 0.3) is 0 Å². The van der Waals surface area contributed by atoms with Gasteiger partial charge >= 0.3 is 0 Å². The first kappa shape index (κ1) is 10.4. The maximum absolute atomic E-state index is 5.76. The zero-order chi connectivity index (χ0) is 10.7. The molecule has 0 radical (unpaired) electrons. The molecule has 15 heavy (non-hydrogen) atoms. The van der Waals surface area contributed by atoms with Gasteiger partial charge in [-0.15, -0.1) is 0 Å². The Morgan fingerprint density at radius 2 is 2.40 bits per heavy atom. The number of benzene rings is 1. The monoisotopic (exact) mass is 208 g/mol. The van der Waals surface area contributed by atoms with Crippen molar-refractivity contribution in [2.45, 2.75) is 6.10 Å². The summed E-state index contributed by atoms with van der Waals surface area (Å²) in [4.78, 5) is 0. The van der Waals surface area contributed by atoms with Crippen LogP contribution in [0.5, 0.6) is 5.75 Å². The predicted molar refractivity (Wildman–Crippen MR) is 57.4 cm³/mol. The van der Waals surface area contributed by atoms with Gasteiger partial charge in [0.1, 0.15) is 5.75 Å². The third-order valence-corrected chi connectivity index (χ3v) is 2.56. The molecule has 0 aromatic heterocycles. The van der Waals surface area contributed by atoms with Crippen LogP contribution in [-0.2, 0) is 4.74 Å². The third kappa shape index (κ3) is 2.47. The van der Waals surface area contributed by atoms with Crippen LogP contribution in [0.3, 0.4) is 0 Å². The van der Waals surface area contributed by atoms with Gasteiger partial charge in [-0.3, -0.25) is 5.84 Å². The average molecular weight is 208 g/mol. The minimum Gasteiger partial charge on any atom is -0.497 e. The molecule has 1 atom stereocenters. The van der Waals surface area contributed by atoms with Gasteiger partial charge in [-0.1, -0.05) is 12.1 Å². The molecule has 2 N–H and O–H groups in total. The Morgan fingerprint density at radius 1 is 1.53 bits per heavy atom. The minimum absolute atomic E-state index is 0.0545. The van der Waals surface area contributed by atoms with Crippen molar-refractivity contribution in [2.24, 2.45) is 5.84 Å². The molecule has 82 valence electrons. The maximum atomic E-state index is 5.76. The number of rotatable bonds is 2. The smallest absolute Gasteiger partial charge is 0.119 e. The molecule has 1 saturated heterocycles. The lowest BCUT2D eigenvalue weighted by atomic mass is 10.1. The normalized spacial score (nSPS) is 22.7. The van der Waals surface area contributed by atoms with E-state index in [9.17, 15) is 0 Å². The van der Waals surface area contributed by atoms with E-state index in [4.69, 9.17) is 15.3 Å². The summed E-state index contributed by atoms with van der Waals surface area (Å²) in [6.45, 7) is 2.20. The number of hydrogen-bond donors (Lipinski definition) is 1. The van der Waals surface area contributed by atoms with Gasteiger partial charge in [0.05, 0.1) is 19.8 Å². The highest BCUT2D eigenvalue weighted by Gasteiger charge is 2.19. The molecule has 0 aliphatic carbocycles. The topological polar surface area (TPSA) is 47.7 Å². The highest BCUT2D eigenvalue weighted by molar-refractivity contribution is 5.30. The van der Waals surface area contributed by atoms with E-state index in [1.165, 1.54) is 0 Å². The van der Waals surface area contributed by atoms with Crippen LogP contribution in [0.4, 0.5) is 0 Å². The maximum Gasteiger partial charge on any atom is 0.119 e. The molecule has 1 aliphatic heterocycles. The second-order valence-electron chi connectivity index (χ2n) is 3.63. The van der Waals surface area contributed by atoms with Gasteiger partial charge in [0.2, 0.25) is 0 Å². The molecule has 1 fully saturated rings. The largest absolute Gasteiger partial charge is 0.497 e. The summed E-state index contributed by atoms with van der Waals surface area (Å²) in [5, 5.41) is 1.79. The quantitative estimate of drug-likeness (QED) is 0.735. The van der Waals surface area contributed by atoms with E-state index < -0.39 is 0 Å². The van der Waals surface area contributed by atoms with Crippen LogP contribution in [0.15, 0.2) is 24.3 Å². The van der Waals surface area contributed by atoms with Crippen molar-refractivity contribution in [3.05, 3.63) is 29.8 Å². The van der Waals surface area contributed by atoms with E-state index in [1.807, 2.05) is 24.3 Å². The summed E-state index contributed by atoms with van der Waals surface area (Å²) < 4.78 is 10.8. The molecule has 4 heteroatoms. The summed E-state index contributed by atoms with van der Waals surface area (Å²) in [5.41, 5.74) is 1.12. The van der Waals surface area contributed by atoms with Gasteiger partial charge < -0.3 is 9.47 Å². The molecular formula is C11H16N2O2. The lowest BCUT2D eigenvalue weighted by Gasteiger charge is -2.29. The van der Waals surface area contributed by atoms with E-state index >= 15 is 0 Å². The van der Waals surface area contributed by atoms with Gasteiger partial charge in [-0.2, -0.15) is 0 Å². The second-order valence-corrected chi connectivity index (χ2v) is 3.63. The van der Waals surface area contributed by atoms with E-state index in [0.29, 0.717) is 6.61 Å². The van der Waals surface area contributed by atoms with Crippen LogP contribution in [0, 0.1) is 0 Å². The lowest BCUT2D eigenvalue weighted by Crippen LogP contribution is -2.42. The molecule has 1 aromatic carbocycles. The molecule has 1 aliphatic rings. The van der Waals surface area contributed by atoms with E-state index in [-0.39, 0.29) is 6.10 Å². The van der Waals surface area contributed by atoms with E-state index in [1.54, 1.807) is 12.1 Å². The van der Waals surface area contributed by atoms with Crippen molar-refractivity contribution in [2.75, 3.05) is 26.8 Å². The zero-order valence-electron chi connectivity index (χ0n) is 8.85. The number of morpholine rings is 1. The van der Waals surface area contributed by atoms with Gasteiger partial charge in [-0.25, -0.2) is 5.01 Å². The molecule has 1 aromatic rings. The fourth-order valence-electron chi connectivity index (χ4n) is 1.71. The Balaban J connectivity index is 2.13. The Hall–Kier alpha value is -1.10. The first-order valence-electron chi connectivity index (χ1n) is 5.05. The molecule has 2 rings (SSSR count). The van der Waals surface area contributed by atoms with Crippen LogP contribution in [0.25, 0.3) is 0 Å². The van der Waals surface area contributed by atoms with Gasteiger partial charge in [-0.05, 0) is 17.7 Å². The second kappa shape index (κ2) is 4.61. The first-order chi connectivity index (χ1) is 7.29. The van der Waals surface area contributed by atoms with E-state index in [0.717, 1.165) is 24.4 Å². The van der Waals surface area contributed by atoms with Crippen LogP contribution in [0.1, 0.15) is 11.7 Å². The van der Waals surface area contributed by atoms with Crippen LogP contribution in [0.2, 0.25) is 0 Å². The molecule has 0 spiro atoms. The fourth-order valence-corrected chi connectivity index (χ4v) is 1.71. The van der Waals surface area contributed by atoms with Gasteiger partial charge in [0, 0.05) is 13.1 Å². The average Bonchev–Trinajstić information content (AvgIpc) is 2.29. The van der Waals surface area contributed by atoms with Crippen molar-refractivity contribution in [1.29, 1.82) is 0 Å². The fraction of sp³-hybridized carbons (Fsp3) is 0.455. The molecule has 0 amide bonds. The van der Waals surface area contributed by atoms with E-state index in [2.05, 4.69) is 0 Å². The molecule has 4 nitrogen and oxygen atoms in total. The van der Waals surface area contributed by atoms with Crippen molar-refractivity contribution in [3.63, 3.8) is 0 Å². The molecule has 0 saturated carbocycles. The van der Waals surface area contributed by atoms with Crippen LogP contribution in [-0.4, -0.2) is 31.8 Å². The SMILES string of the molecule is COc1cccc(C2CN(N)CCO2)c1. The first-order valence-corrected chi connectivity index (χ1v) is 5.05. The number of methoxy groups -OCH3 is 1. The van der Waals surface area contributed by atoms with Crippen molar-refractivity contribution in [1.82, 2.24) is 5.01 Å². The Kier molecular flexibility index (Phi) is 3.20. The van der Waals surface area contributed by atoms with Gasteiger partial charge in [0.15, 0.2) is 0 Å². The summed E-state index contributed by atoms with van der Waals surface area (Å²) in [7, 11) is 1.66. The highest BCUT2D eigenvalue weighted by atomic mass is 16.5. The number of nitrogens with zero attached hydrogens (tertiary/aromatic N) is 1. The Labute approximate surface area is 89.5 Å². The molecule has 1 heterocycles. The van der Waals surface area contributed by atoms with Crippen LogP contribution < -0.4 is 10.6 Å². The molecule has 1 unspecified atom stereocenters. The Bertz CT molecular complexity index is 330. The standard InChI is InChI=1S/C11H16N2O2/c1-14-10-4-2-3-9(7-10)11-8-13(12)5-6-15-11/h2-4,7,11H,5-6,8,12H2,1H3. The van der Waals surface area contributed by atoms with Crippen molar-refractivity contribution < 1.29 is 9.47 Å². The lowest BCUT2D eigenvalue weighted by molar-refractivity contribution is -0.0305. The predicted octanol–water partition coefficient (Wildman–Crippen LogP) is 0.942. The zero-order valence-corrected chi connectivity index (χ0v) is 8.85. The number of ether oxygens (including phenoxy) is 2.